The zero-order valence-electron chi connectivity index (χ0n) is 55.2. The lowest BCUT2D eigenvalue weighted by molar-refractivity contribution is -0.870. The van der Waals surface area contributed by atoms with E-state index in [0.717, 1.165) is 57.1 Å². The molecule has 2 amide bonds. The summed E-state index contributed by atoms with van der Waals surface area (Å²) in [4.78, 5) is 97.5. The number of nitrogens with one attached hydrogen (secondary N) is 2. The highest BCUT2D eigenvalue weighted by Crippen LogP contribution is 2.38. The van der Waals surface area contributed by atoms with E-state index in [-0.39, 0.29) is 50.7 Å². The Bertz CT molecular complexity index is 2500. The Labute approximate surface area is 532 Å². The van der Waals surface area contributed by atoms with Gasteiger partial charge in [-0.1, -0.05) is 181 Å². The van der Waals surface area contributed by atoms with Gasteiger partial charge in [-0.05, 0) is 56.4 Å². The Morgan fingerprint density at radius 2 is 1.13 bits per heavy atom. The molecule has 2 heterocycles. The van der Waals surface area contributed by atoms with Crippen LogP contribution in [0.2, 0.25) is 0 Å². The van der Waals surface area contributed by atoms with Crippen LogP contribution in [-0.4, -0.2) is 134 Å². The average Bonchev–Trinajstić information content (AvgIpc) is 1.32. The Morgan fingerprint density at radius 3 is 1.70 bits per heavy atom. The lowest BCUT2D eigenvalue weighted by Crippen LogP contribution is -2.47. The summed E-state index contributed by atoms with van der Waals surface area (Å²) < 4.78 is 39.8. The number of nitrogen functional groups attached to an aromatic ring is 2. The van der Waals surface area contributed by atoms with Crippen LogP contribution in [0.15, 0.2) is 30.5 Å². The third-order valence-corrected chi connectivity index (χ3v) is 16.5. The quantitative estimate of drug-likeness (QED) is 0.0134. The van der Waals surface area contributed by atoms with E-state index < -0.39 is 56.3 Å². The van der Waals surface area contributed by atoms with Crippen molar-refractivity contribution in [3.8, 4) is 0 Å². The molecule has 0 saturated carbocycles. The van der Waals surface area contributed by atoms with Crippen LogP contribution in [0, 0.1) is 0 Å². The maximum atomic E-state index is 13.7. The molecule has 504 valence electrons. The van der Waals surface area contributed by atoms with Gasteiger partial charge >= 0.3 is 17.9 Å². The van der Waals surface area contributed by atoms with Gasteiger partial charge in [-0.25, -0.2) is 9.97 Å². The molecule has 0 aliphatic carbocycles. The van der Waals surface area contributed by atoms with Gasteiger partial charge in [0.2, 0.25) is 11.9 Å². The van der Waals surface area contributed by atoms with Crippen LogP contribution in [0.5, 0.6) is 0 Å². The van der Waals surface area contributed by atoms with Crippen LogP contribution in [-0.2, 0) is 53.5 Å². The lowest BCUT2D eigenvalue weighted by atomic mass is 10.0. The van der Waals surface area contributed by atoms with Crippen LogP contribution < -0.4 is 31.9 Å². The molecule has 0 saturated heterocycles. The summed E-state index contributed by atoms with van der Waals surface area (Å²) in [7, 11) is 2.81. The number of anilines is 3. The first-order valence-corrected chi connectivity index (χ1v) is 35.1. The number of likely N-dealkylation sites (N-methyl/N-ethyl adjacent to an activating group) is 1. The third-order valence-electron chi connectivity index (χ3n) is 15.5. The highest BCUT2D eigenvalue weighted by Gasteiger charge is 2.25. The molecule has 6 N–H and O–H groups in total. The molecule has 3 rings (SSSR count). The number of unbranched alkanes of at least 4 members (excludes halogenated alkanes) is 27. The second-order valence-electron chi connectivity index (χ2n) is 24.8. The molecule has 2 aromatic heterocycles. The van der Waals surface area contributed by atoms with Gasteiger partial charge in [0.05, 0.1) is 52.8 Å². The van der Waals surface area contributed by atoms with Crippen molar-refractivity contribution >= 4 is 66.2 Å². The molecule has 0 fully saturated rings. The Kier molecular flexibility index (Phi) is 40.6. The number of phosphoric ester groups is 1. The summed E-state index contributed by atoms with van der Waals surface area (Å²) >= 11 is 0. The zero-order chi connectivity index (χ0) is 65.0. The van der Waals surface area contributed by atoms with Crippen molar-refractivity contribution in [2.24, 2.45) is 0 Å². The molecule has 89 heavy (non-hydrogen) atoms. The smallest absolute Gasteiger partial charge is 0.306 e. The maximum absolute atomic E-state index is 13.7. The number of carbonyl (C=O) groups is 5. The van der Waals surface area contributed by atoms with E-state index in [1.165, 1.54) is 116 Å². The minimum atomic E-state index is -4.75. The number of nitrogens with two attached hydrogens (primary N) is 2. The van der Waals surface area contributed by atoms with Gasteiger partial charge in [0.1, 0.15) is 25.8 Å². The van der Waals surface area contributed by atoms with Gasteiger partial charge in [-0.2, -0.15) is 9.97 Å². The van der Waals surface area contributed by atoms with E-state index in [1.807, 2.05) is 33.1 Å². The fraction of sp³-hybridized carbons (Fsp3) is 0.742. The van der Waals surface area contributed by atoms with Crippen molar-refractivity contribution in [2.45, 2.75) is 251 Å². The number of ether oxygens (including phenoxy) is 3. The van der Waals surface area contributed by atoms with Crippen molar-refractivity contribution in [3.63, 3.8) is 0 Å². The number of aromatic nitrogens is 4. The number of amides is 2. The molecule has 1 aromatic carbocycles. The van der Waals surface area contributed by atoms with Gasteiger partial charge in [0, 0.05) is 44.1 Å². The molecule has 23 heteroatoms. The van der Waals surface area contributed by atoms with E-state index in [0.29, 0.717) is 78.8 Å². The molecule has 3 atom stereocenters. The summed E-state index contributed by atoms with van der Waals surface area (Å²) in [6, 6.07) is 5.85. The first-order chi connectivity index (χ1) is 42.8. The first-order valence-electron chi connectivity index (χ1n) is 33.6. The maximum Gasteiger partial charge on any atom is 0.306 e. The molecular weight excluding hydrogens is 1160 g/mol. The van der Waals surface area contributed by atoms with E-state index in [1.54, 1.807) is 30.5 Å². The van der Waals surface area contributed by atoms with Crippen LogP contribution in [0.3, 0.4) is 0 Å². The average molecular weight is 1270 g/mol. The molecule has 0 aliphatic rings. The summed E-state index contributed by atoms with van der Waals surface area (Å²) in [5, 5.41) is 5.76. The molecule has 0 radical (unpaired) electrons. The van der Waals surface area contributed by atoms with Gasteiger partial charge in [0.25, 0.3) is 13.7 Å². The Balaban J connectivity index is 1.46. The number of fused-ring (bicyclic) bond motifs is 1. The van der Waals surface area contributed by atoms with Crippen molar-refractivity contribution < 1.29 is 61.2 Å². The fourth-order valence-electron chi connectivity index (χ4n) is 10.0. The largest absolute Gasteiger partial charge is 0.756 e. The molecule has 0 spiro atoms. The summed E-state index contributed by atoms with van der Waals surface area (Å²) in [6.45, 7) is 4.83. The zero-order valence-corrected chi connectivity index (χ0v) is 56.1. The predicted molar refractivity (Wildman–Crippen MR) is 349 cm³/mol. The van der Waals surface area contributed by atoms with Crippen molar-refractivity contribution in [1.29, 1.82) is 0 Å². The summed E-state index contributed by atoms with van der Waals surface area (Å²) in [5.41, 5.74) is 14.1. The van der Waals surface area contributed by atoms with Crippen molar-refractivity contribution in [3.05, 3.63) is 41.7 Å². The number of esters is 3. The van der Waals surface area contributed by atoms with Crippen LogP contribution >= 0.6 is 7.82 Å². The van der Waals surface area contributed by atoms with E-state index in [9.17, 15) is 33.4 Å². The lowest BCUT2D eigenvalue weighted by Gasteiger charge is -2.28. The SMILES string of the molecule is CCCCCCCCCCCCCCCCCC(=O)OCC(COP(=O)([O-])OCC[N+](C)(C)C)OC(=O)CCCCCCCNC(=O)[C@@H](CCC(=O)OCCCCCCCCCCCC)NC(=O)c1ccc(N(C)Cc2cnc3nc(N)nc(N)c3n2)cc1. The van der Waals surface area contributed by atoms with Gasteiger partial charge < -0.3 is 59.6 Å². The standard InChI is InChI=1S/C66H113N10O12P/c1-7-9-11-13-15-17-19-20-21-22-23-24-26-29-33-37-58(77)85-51-56(52-87-89(82,83)86-48-46-76(4,5)6)88-60(79)38-34-30-28-31-35-45-69-65(81)57(43-44-59(78)84-47-36-32-27-25-18-16-14-12-10-8-2)72-64(80)53-39-41-55(42-40-53)75(3)50-54-49-70-63-61(71-54)62(67)73-66(68)74-63/h39-42,49,56-57H,7-38,43-48,50-52H2,1-6H3,(H6-,67,68,69,70,72,73,74,80,81,82,83)/t56?,57-/m1/s1. The number of phosphoric acid groups is 1. The van der Waals surface area contributed by atoms with Crippen molar-refractivity contribution in [2.75, 3.05) is 84.1 Å². The topological polar surface area (TPSA) is 303 Å². The van der Waals surface area contributed by atoms with E-state index >= 15 is 0 Å². The van der Waals surface area contributed by atoms with Crippen molar-refractivity contribution in [1.82, 2.24) is 30.6 Å². The van der Waals surface area contributed by atoms with Gasteiger partial charge in [0.15, 0.2) is 23.1 Å². The highest BCUT2D eigenvalue weighted by atomic mass is 31.2. The molecule has 0 aliphatic heterocycles. The number of benzene rings is 1. The monoisotopic (exact) mass is 1270 g/mol. The van der Waals surface area contributed by atoms with Crippen LogP contribution in [0.25, 0.3) is 11.2 Å². The normalized spacial score (nSPS) is 12.9. The van der Waals surface area contributed by atoms with E-state index in [2.05, 4.69) is 44.4 Å². The minimum Gasteiger partial charge on any atom is -0.756 e. The minimum absolute atomic E-state index is 0.00794. The van der Waals surface area contributed by atoms with Crippen LogP contribution in [0.1, 0.15) is 248 Å². The number of hydrogen-bond acceptors (Lipinski definition) is 19. The number of rotatable bonds is 54. The van der Waals surface area contributed by atoms with Gasteiger partial charge in [-0.3, -0.25) is 28.5 Å². The Hall–Kier alpha value is -5.54. The van der Waals surface area contributed by atoms with Crippen LogP contribution in [0.4, 0.5) is 17.5 Å². The molecular formula is C66H113N10O12P. The van der Waals surface area contributed by atoms with Gasteiger partial charge in [-0.15, -0.1) is 0 Å². The molecule has 3 aromatic rings. The Morgan fingerprint density at radius 1 is 0.618 bits per heavy atom. The van der Waals surface area contributed by atoms with E-state index in [4.69, 9.17) is 34.7 Å². The molecule has 0 bridgehead atoms. The third kappa shape index (κ3) is 38.0. The second-order valence-corrected chi connectivity index (χ2v) is 26.2. The fourth-order valence-corrected chi connectivity index (χ4v) is 10.8. The number of carbonyl (C=O) groups excluding carboxylic acids is 5. The summed E-state index contributed by atoms with van der Waals surface area (Å²) in [5.74, 6) is -2.25. The molecule has 22 nitrogen and oxygen atoms in total. The first kappa shape index (κ1) is 77.7. The number of quaternary nitrogens is 1. The number of hydrogen-bond donors (Lipinski definition) is 4. The number of nitrogens with zero attached hydrogens (tertiary/aromatic N) is 6. The predicted octanol–water partition coefficient (Wildman–Crippen LogP) is 11.9. The highest BCUT2D eigenvalue weighted by molar-refractivity contribution is 7.45. The molecule has 2 unspecified atom stereocenters. The second kappa shape index (κ2) is 46.5. The summed E-state index contributed by atoms with van der Waals surface area (Å²) in [6.07, 6.45) is 33.6.